The van der Waals surface area contributed by atoms with Crippen molar-refractivity contribution in [3.05, 3.63) is 33.8 Å². The Bertz CT molecular complexity index is 785. The Hall–Kier alpha value is -2.38. The maximum Gasteiger partial charge on any atom is 0.340 e. The number of hydrogen-bond acceptors (Lipinski definition) is 4. The number of amides is 1. The van der Waals surface area contributed by atoms with E-state index in [0.29, 0.717) is 24.0 Å². The minimum atomic E-state index is -0.305. The number of aromatic amines is 2. The fourth-order valence-corrected chi connectivity index (χ4v) is 3.67. The SMILES string of the molecule is CCC(CC)n1ncc(C(=O)N2CCCC(c3n[nH]c(=O)[nH]3)C2)c1C. The summed E-state index contributed by atoms with van der Waals surface area (Å²) in [5.41, 5.74) is 1.29. The van der Waals surface area contributed by atoms with Gasteiger partial charge in [0.15, 0.2) is 0 Å². The van der Waals surface area contributed by atoms with Gasteiger partial charge in [0.25, 0.3) is 5.91 Å². The zero-order chi connectivity index (χ0) is 18.0. The first kappa shape index (κ1) is 17.4. The number of likely N-dealkylation sites (tertiary alicyclic amines) is 1. The maximum atomic E-state index is 13.0. The molecular weight excluding hydrogens is 320 g/mol. The third kappa shape index (κ3) is 3.38. The molecule has 0 spiro atoms. The molecule has 2 aromatic rings. The summed E-state index contributed by atoms with van der Waals surface area (Å²) in [6.07, 6.45) is 5.48. The summed E-state index contributed by atoms with van der Waals surface area (Å²) in [5, 5.41) is 10.9. The van der Waals surface area contributed by atoms with Gasteiger partial charge < -0.3 is 4.90 Å². The summed E-state index contributed by atoms with van der Waals surface area (Å²) in [5.74, 6) is 0.704. The van der Waals surface area contributed by atoms with Crippen molar-refractivity contribution in [2.24, 2.45) is 0 Å². The first-order valence-electron chi connectivity index (χ1n) is 9.03. The fourth-order valence-electron chi connectivity index (χ4n) is 3.67. The van der Waals surface area contributed by atoms with E-state index >= 15 is 0 Å². The molecule has 1 fully saturated rings. The Morgan fingerprint density at radius 2 is 2.16 bits per heavy atom. The standard InChI is InChI=1S/C17H26N6O2/c1-4-13(5-2)23-11(3)14(9-18-23)16(24)22-8-6-7-12(10-22)15-19-17(25)21-20-15/h9,12-13H,4-8,10H2,1-3H3,(H2,19,20,21,25). The molecule has 8 nitrogen and oxygen atoms in total. The van der Waals surface area contributed by atoms with Crippen LogP contribution in [0.1, 0.15) is 73.4 Å². The molecule has 25 heavy (non-hydrogen) atoms. The average molecular weight is 346 g/mol. The summed E-state index contributed by atoms with van der Waals surface area (Å²) in [6, 6.07) is 0.324. The second-order valence-corrected chi connectivity index (χ2v) is 6.71. The minimum Gasteiger partial charge on any atom is -0.338 e. The first-order valence-corrected chi connectivity index (χ1v) is 9.03. The molecule has 2 N–H and O–H groups in total. The second-order valence-electron chi connectivity index (χ2n) is 6.71. The van der Waals surface area contributed by atoms with Crippen molar-refractivity contribution in [2.75, 3.05) is 13.1 Å². The summed E-state index contributed by atoms with van der Waals surface area (Å²) < 4.78 is 1.97. The molecule has 136 valence electrons. The Labute approximate surface area is 146 Å². The van der Waals surface area contributed by atoms with Gasteiger partial charge in [-0.2, -0.15) is 10.2 Å². The van der Waals surface area contributed by atoms with Crippen LogP contribution < -0.4 is 5.69 Å². The molecule has 0 saturated carbocycles. The molecule has 1 aliphatic heterocycles. The van der Waals surface area contributed by atoms with E-state index in [-0.39, 0.29) is 17.5 Å². The van der Waals surface area contributed by atoms with Gasteiger partial charge >= 0.3 is 5.69 Å². The van der Waals surface area contributed by atoms with E-state index < -0.39 is 0 Å². The van der Waals surface area contributed by atoms with Crippen LogP contribution in [0.3, 0.4) is 0 Å². The van der Waals surface area contributed by atoms with Crippen LogP contribution in [-0.2, 0) is 0 Å². The number of aromatic nitrogens is 5. The van der Waals surface area contributed by atoms with Gasteiger partial charge in [-0.05, 0) is 32.6 Å². The molecule has 2 aromatic heterocycles. The largest absolute Gasteiger partial charge is 0.340 e. The number of H-pyrrole nitrogens is 2. The molecule has 0 aliphatic carbocycles. The van der Waals surface area contributed by atoms with Gasteiger partial charge in [0.1, 0.15) is 5.82 Å². The van der Waals surface area contributed by atoms with Crippen LogP contribution in [0.4, 0.5) is 0 Å². The van der Waals surface area contributed by atoms with Crippen LogP contribution in [0.2, 0.25) is 0 Å². The molecule has 1 atom stereocenters. The number of rotatable bonds is 5. The molecule has 3 rings (SSSR count). The second kappa shape index (κ2) is 7.25. The monoisotopic (exact) mass is 346 g/mol. The van der Waals surface area contributed by atoms with Crippen LogP contribution in [0, 0.1) is 6.92 Å². The number of hydrogen-bond donors (Lipinski definition) is 2. The zero-order valence-corrected chi connectivity index (χ0v) is 15.1. The molecular formula is C17H26N6O2. The zero-order valence-electron chi connectivity index (χ0n) is 15.1. The Morgan fingerprint density at radius 1 is 1.40 bits per heavy atom. The van der Waals surface area contributed by atoms with Gasteiger partial charge in [-0.3, -0.25) is 14.5 Å². The molecule has 1 amide bonds. The lowest BCUT2D eigenvalue weighted by atomic mass is 9.97. The van der Waals surface area contributed by atoms with Gasteiger partial charge in [0.05, 0.1) is 17.8 Å². The lowest BCUT2D eigenvalue weighted by molar-refractivity contribution is 0.0703. The highest BCUT2D eigenvalue weighted by Crippen LogP contribution is 2.26. The van der Waals surface area contributed by atoms with Gasteiger partial charge in [-0.25, -0.2) is 9.89 Å². The highest BCUT2D eigenvalue weighted by Gasteiger charge is 2.29. The molecule has 3 heterocycles. The number of nitrogens with zero attached hydrogens (tertiary/aromatic N) is 4. The lowest BCUT2D eigenvalue weighted by Crippen LogP contribution is -2.39. The normalized spacial score (nSPS) is 18.1. The van der Waals surface area contributed by atoms with E-state index in [1.165, 1.54) is 0 Å². The van der Waals surface area contributed by atoms with Crippen molar-refractivity contribution in [3.8, 4) is 0 Å². The summed E-state index contributed by atoms with van der Waals surface area (Å²) in [6.45, 7) is 7.52. The Kier molecular flexibility index (Phi) is 5.06. The predicted molar refractivity (Wildman–Crippen MR) is 93.7 cm³/mol. The van der Waals surface area contributed by atoms with Crippen molar-refractivity contribution >= 4 is 5.91 Å². The quantitative estimate of drug-likeness (QED) is 0.864. The van der Waals surface area contributed by atoms with Crippen molar-refractivity contribution in [1.29, 1.82) is 0 Å². The van der Waals surface area contributed by atoms with Gasteiger partial charge in [0, 0.05) is 24.7 Å². The third-order valence-corrected chi connectivity index (χ3v) is 5.18. The number of carbonyl (C=O) groups excluding carboxylic acids is 1. The van der Waals surface area contributed by atoms with Crippen LogP contribution in [0.5, 0.6) is 0 Å². The molecule has 0 aromatic carbocycles. The number of piperidine rings is 1. The summed E-state index contributed by atoms with van der Waals surface area (Å²) >= 11 is 0. The van der Waals surface area contributed by atoms with E-state index in [1.807, 2.05) is 16.5 Å². The van der Waals surface area contributed by atoms with Crippen LogP contribution in [-0.4, -0.2) is 48.9 Å². The Balaban J connectivity index is 1.77. The van der Waals surface area contributed by atoms with E-state index in [0.717, 1.165) is 37.9 Å². The van der Waals surface area contributed by atoms with Crippen LogP contribution in [0.15, 0.2) is 11.0 Å². The fraction of sp³-hybridized carbons (Fsp3) is 0.647. The van der Waals surface area contributed by atoms with E-state index in [1.54, 1.807) is 6.20 Å². The van der Waals surface area contributed by atoms with Crippen LogP contribution >= 0.6 is 0 Å². The first-order chi connectivity index (χ1) is 12.0. The van der Waals surface area contributed by atoms with Crippen molar-refractivity contribution in [1.82, 2.24) is 29.9 Å². The molecule has 1 aliphatic rings. The van der Waals surface area contributed by atoms with Gasteiger partial charge in [-0.15, -0.1) is 0 Å². The van der Waals surface area contributed by atoms with Crippen molar-refractivity contribution < 1.29 is 4.79 Å². The minimum absolute atomic E-state index is 0.0114. The van der Waals surface area contributed by atoms with Crippen LogP contribution in [0.25, 0.3) is 0 Å². The predicted octanol–water partition coefficient (Wildman–Crippen LogP) is 1.98. The van der Waals surface area contributed by atoms with Crippen molar-refractivity contribution in [3.63, 3.8) is 0 Å². The van der Waals surface area contributed by atoms with Gasteiger partial charge in [0.2, 0.25) is 0 Å². The Morgan fingerprint density at radius 3 is 2.80 bits per heavy atom. The lowest BCUT2D eigenvalue weighted by Gasteiger charge is -2.31. The summed E-state index contributed by atoms with van der Waals surface area (Å²) in [7, 11) is 0. The number of carbonyl (C=O) groups is 1. The average Bonchev–Trinajstić information content (AvgIpc) is 3.22. The van der Waals surface area contributed by atoms with Crippen molar-refractivity contribution in [2.45, 2.75) is 58.4 Å². The molecule has 1 unspecified atom stereocenters. The van der Waals surface area contributed by atoms with Gasteiger partial charge in [-0.1, -0.05) is 13.8 Å². The topological polar surface area (TPSA) is 99.7 Å². The third-order valence-electron chi connectivity index (χ3n) is 5.18. The molecule has 1 saturated heterocycles. The molecule has 0 radical (unpaired) electrons. The highest BCUT2D eigenvalue weighted by atomic mass is 16.2. The van der Waals surface area contributed by atoms with E-state index in [9.17, 15) is 9.59 Å². The van der Waals surface area contributed by atoms with E-state index in [4.69, 9.17) is 0 Å². The van der Waals surface area contributed by atoms with E-state index in [2.05, 4.69) is 34.1 Å². The molecule has 8 heteroatoms. The maximum absolute atomic E-state index is 13.0. The molecule has 0 bridgehead atoms. The summed E-state index contributed by atoms with van der Waals surface area (Å²) in [4.78, 5) is 28.8. The number of nitrogens with one attached hydrogen (secondary N) is 2. The highest BCUT2D eigenvalue weighted by molar-refractivity contribution is 5.95. The smallest absolute Gasteiger partial charge is 0.338 e.